The third-order valence-electron chi connectivity index (χ3n) is 4.75. The van der Waals surface area contributed by atoms with Crippen LogP contribution >= 0.6 is 0 Å². The highest BCUT2D eigenvalue weighted by Gasteiger charge is 2.37. The van der Waals surface area contributed by atoms with Crippen LogP contribution in [0.4, 0.5) is 0 Å². The maximum absolute atomic E-state index is 11.5. The van der Waals surface area contributed by atoms with Crippen molar-refractivity contribution in [1.29, 1.82) is 0 Å². The molecule has 1 aliphatic carbocycles. The molecule has 0 fully saturated rings. The van der Waals surface area contributed by atoms with Crippen LogP contribution in [0.1, 0.15) is 35.5 Å². The van der Waals surface area contributed by atoms with Gasteiger partial charge >= 0.3 is 5.97 Å². The number of fused-ring (bicyclic) bond motifs is 2. The zero-order chi connectivity index (χ0) is 18.3. The molecule has 0 aliphatic heterocycles. The molecule has 134 valence electrons. The summed E-state index contributed by atoms with van der Waals surface area (Å²) in [6.45, 7) is 3.17. The number of hydrogen-bond acceptors (Lipinski definition) is 5. The molecule has 1 N–H and O–H groups in total. The number of benzene rings is 1. The minimum atomic E-state index is -0.393. The van der Waals surface area contributed by atoms with Crippen LogP contribution in [-0.2, 0) is 22.6 Å². The van der Waals surface area contributed by atoms with Crippen molar-refractivity contribution >= 4 is 11.6 Å². The van der Waals surface area contributed by atoms with E-state index in [-0.39, 0.29) is 18.7 Å². The number of esters is 1. The Morgan fingerprint density at radius 3 is 2.88 bits per heavy atom. The number of imidazole rings is 1. The fourth-order valence-corrected chi connectivity index (χ4v) is 3.60. The molecule has 1 aliphatic rings. The molecule has 0 saturated carbocycles. The number of hydrogen-bond donors (Lipinski definition) is 1. The largest absolute Gasteiger partial charge is 0.478 e. The highest BCUT2D eigenvalue weighted by Crippen LogP contribution is 2.38. The molecule has 0 amide bonds. The smallest absolute Gasteiger partial charge is 0.303 e. The molecule has 6 heteroatoms. The average Bonchev–Trinajstić information content (AvgIpc) is 3.12. The third kappa shape index (κ3) is 2.72. The first kappa shape index (κ1) is 16.6. The highest BCUT2D eigenvalue weighted by molar-refractivity contribution is 5.66. The second kappa shape index (κ2) is 6.46. The van der Waals surface area contributed by atoms with E-state index in [9.17, 15) is 9.90 Å². The number of nitrogens with zero attached hydrogens (tertiary/aromatic N) is 2. The van der Waals surface area contributed by atoms with E-state index >= 15 is 0 Å². The number of ether oxygens (including phenoxy) is 2. The molecule has 26 heavy (non-hydrogen) atoms. The molecule has 3 aromatic rings. The molecule has 0 radical (unpaired) electrons. The predicted octanol–water partition coefficient (Wildman–Crippen LogP) is 2.74. The van der Waals surface area contributed by atoms with Crippen LogP contribution in [0.5, 0.6) is 5.75 Å². The monoisotopic (exact) mass is 352 g/mol. The fraction of sp³-hybridized carbons (Fsp3) is 0.300. The van der Waals surface area contributed by atoms with Crippen molar-refractivity contribution in [3.8, 4) is 5.75 Å². The van der Waals surface area contributed by atoms with Gasteiger partial charge in [-0.25, -0.2) is 4.98 Å². The Kier molecular flexibility index (Phi) is 4.12. The Morgan fingerprint density at radius 1 is 1.31 bits per heavy atom. The molecular formula is C20H20N2O4. The van der Waals surface area contributed by atoms with Crippen molar-refractivity contribution in [3.63, 3.8) is 0 Å². The van der Waals surface area contributed by atoms with Crippen LogP contribution in [0, 0.1) is 6.92 Å². The normalized spacial score (nSPS) is 18.7. The summed E-state index contributed by atoms with van der Waals surface area (Å²) in [6, 6.07) is 11.6. The van der Waals surface area contributed by atoms with Crippen molar-refractivity contribution in [2.45, 2.75) is 39.1 Å². The lowest BCUT2D eigenvalue weighted by Gasteiger charge is -2.22. The lowest BCUT2D eigenvalue weighted by molar-refractivity contribution is -0.150. The SMILES string of the molecule is CC(=O)OC1Cc2ccccc2C1Oc1cccn2c(CO)c(C)nc12. The number of aliphatic hydroxyl groups is 1. The molecule has 1 aromatic carbocycles. The second-order valence-corrected chi connectivity index (χ2v) is 6.46. The van der Waals surface area contributed by atoms with E-state index < -0.39 is 6.10 Å². The topological polar surface area (TPSA) is 73.1 Å². The molecule has 0 saturated heterocycles. The van der Waals surface area contributed by atoms with Gasteiger partial charge in [-0.2, -0.15) is 0 Å². The Bertz CT molecular complexity index is 979. The maximum Gasteiger partial charge on any atom is 0.303 e. The Balaban J connectivity index is 1.75. The number of aryl methyl sites for hydroxylation is 1. The van der Waals surface area contributed by atoms with Gasteiger partial charge in [0.2, 0.25) is 0 Å². The summed E-state index contributed by atoms with van der Waals surface area (Å²) in [6.07, 6.45) is 1.70. The Morgan fingerprint density at radius 2 is 2.12 bits per heavy atom. The lowest BCUT2D eigenvalue weighted by atomic mass is 10.1. The second-order valence-electron chi connectivity index (χ2n) is 6.46. The van der Waals surface area contributed by atoms with Crippen molar-refractivity contribution in [3.05, 3.63) is 65.1 Å². The van der Waals surface area contributed by atoms with E-state index in [0.29, 0.717) is 17.8 Å². The summed E-state index contributed by atoms with van der Waals surface area (Å²) in [5.74, 6) is 0.267. The zero-order valence-electron chi connectivity index (χ0n) is 14.7. The van der Waals surface area contributed by atoms with Gasteiger partial charge in [0.25, 0.3) is 0 Å². The van der Waals surface area contributed by atoms with Crippen LogP contribution in [0.15, 0.2) is 42.6 Å². The molecule has 0 spiro atoms. The van der Waals surface area contributed by atoms with E-state index in [1.807, 2.05) is 53.9 Å². The Labute approximate surface area is 151 Å². The van der Waals surface area contributed by atoms with Crippen molar-refractivity contribution in [1.82, 2.24) is 9.38 Å². The average molecular weight is 352 g/mol. The molecule has 6 nitrogen and oxygen atoms in total. The van der Waals surface area contributed by atoms with E-state index in [1.54, 1.807) is 0 Å². The van der Waals surface area contributed by atoms with E-state index in [0.717, 1.165) is 22.5 Å². The quantitative estimate of drug-likeness (QED) is 0.731. The molecule has 2 heterocycles. The molecule has 2 aromatic heterocycles. The first-order valence-corrected chi connectivity index (χ1v) is 8.57. The van der Waals surface area contributed by atoms with Gasteiger partial charge in [-0.1, -0.05) is 24.3 Å². The minimum absolute atomic E-state index is 0.0984. The van der Waals surface area contributed by atoms with Crippen LogP contribution < -0.4 is 4.74 Å². The standard InChI is InChI=1S/C20H20N2O4/c1-12-16(11-23)22-9-5-8-17(20(22)21-12)26-19-15-7-4-3-6-14(15)10-18(19)25-13(2)24/h3-9,18-19,23H,10-11H2,1-2H3. The highest BCUT2D eigenvalue weighted by atomic mass is 16.6. The van der Waals surface area contributed by atoms with Gasteiger partial charge in [0.15, 0.2) is 17.5 Å². The van der Waals surface area contributed by atoms with Gasteiger partial charge in [-0.05, 0) is 30.2 Å². The first-order chi connectivity index (χ1) is 12.6. The molecule has 0 bridgehead atoms. The predicted molar refractivity (Wildman–Crippen MR) is 94.9 cm³/mol. The summed E-state index contributed by atoms with van der Waals surface area (Å²) in [5.41, 5.74) is 4.26. The summed E-state index contributed by atoms with van der Waals surface area (Å²) in [5, 5.41) is 9.59. The minimum Gasteiger partial charge on any atom is -0.478 e. The summed E-state index contributed by atoms with van der Waals surface area (Å²) in [7, 11) is 0. The Hall–Kier alpha value is -2.86. The van der Waals surface area contributed by atoms with Gasteiger partial charge in [0.05, 0.1) is 18.0 Å². The van der Waals surface area contributed by atoms with Gasteiger partial charge in [-0.15, -0.1) is 0 Å². The fourth-order valence-electron chi connectivity index (χ4n) is 3.60. The number of rotatable bonds is 4. The van der Waals surface area contributed by atoms with Crippen molar-refractivity contribution < 1.29 is 19.4 Å². The molecule has 4 rings (SSSR count). The van der Waals surface area contributed by atoms with Crippen LogP contribution in [-0.4, -0.2) is 26.6 Å². The van der Waals surface area contributed by atoms with E-state index in [4.69, 9.17) is 9.47 Å². The van der Waals surface area contributed by atoms with Gasteiger partial charge in [-0.3, -0.25) is 9.20 Å². The molecule has 2 unspecified atom stereocenters. The van der Waals surface area contributed by atoms with Crippen molar-refractivity contribution in [2.24, 2.45) is 0 Å². The number of pyridine rings is 1. The number of carbonyl (C=O) groups is 1. The zero-order valence-corrected chi connectivity index (χ0v) is 14.7. The summed E-state index contributed by atoms with van der Waals surface area (Å²) >= 11 is 0. The van der Waals surface area contributed by atoms with Crippen LogP contribution in [0.2, 0.25) is 0 Å². The molecular weight excluding hydrogens is 332 g/mol. The number of aliphatic hydroxyl groups excluding tert-OH is 1. The van der Waals surface area contributed by atoms with Crippen LogP contribution in [0.3, 0.4) is 0 Å². The maximum atomic E-state index is 11.5. The lowest BCUT2D eigenvalue weighted by Crippen LogP contribution is -2.25. The number of aromatic nitrogens is 2. The summed E-state index contributed by atoms with van der Waals surface area (Å²) in [4.78, 5) is 16.1. The van der Waals surface area contributed by atoms with E-state index in [1.165, 1.54) is 6.92 Å². The first-order valence-electron chi connectivity index (χ1n) is 8.57. The number of carbonyl (C=O) groups excluding carboxylic acids is 1. The van der Waals surface area contributed by atoms with Crippen molar-refractivity contribution in [2.75, 3.05) is 0 Å². The third-order valence-corrected chi connectivity index (χ3v) is 4.75. The van der Waals surface area contributed by atoms with E-state index in [2.05, 4.69) is 4.98 Å². The molecule has 2 atom stereocenters. The van der Waals surface area contributed by atoms with Gasteiger partial charge < -0.3 is 14.6 Å². The van der Waals surface area contributed by atoms with Gasteiger partial charge in [0, 0.05) is 19.5 Å². The van der Waals surface area contributed by atoms with Crippen LogP contribution in [0.25, 0.3) is 5.65 Å². The summed E-state index contributed by atoms with van der Waals surface area (Å²) < 4.78 is 13.6. The van der Waals surface area contributed by atoms with Gasteiger partial charge in [0.1, 0.15) is 6.10 Å².